The molecule has 4 aromatic rings. The lowest BCUT2D eigenvalue weighted by atomic mass is 10.1. The summed E-state index contributed by atoms with van der Waals surface area (Å²) in [6, 6.07) is 12.9. The number of halogens is 1. The third kappa shape index (κ3) is 4.09. The molecule has 8 heteroatoms. The van der Waals surface area contributed by atoms with Crippen LogP contribution in [0.1, 0.15) is 31.2 Å². The van der Waals surface area contributed by atoms with Gasteiger partial charge in [-0.3, -0.25) is 14.2 Å². The average molecular weight is 420 g/mol. The molecule has 0 fully saturated rings. The summed E-state index contributed by atoms with van der Waals surface area (Å²) in [7, 11) is 0. The fourth-order valence-corrected chi connectivity index (χ4v) is 3.32. The minimum Gasteiger partial charge on any atom is -0.334 e. The van der Waals surface area contributed by atoms with Crippen LogP contribution in [-0.4, -0.2) is 20.6 Å². The lowest BCUT2D eigenvalue weighted by Crippen LogP contribution is -2.27. The van der Waals surface area contributed by atoms with Crippen LogP contribution in [0.3, 0.4) is 0 Å². The van der Waals surface area contributed by atoms with Gasteiger partial charge in [0.25, 0.3) is 11.4 Å². The van der Waals surface area contributed by atoms with Gasteiger partial charge in [0, 0.05) is 23.1 Å². The summed E-state index contributed by atoms with van der Waals surface area (Å²) < 4.78 is 20.2. The number of aromatic nitrogens is 3. The number of amides is 1. The van der Waals surface area contributed by atoms with E-state index in [1.54, 1.807) is 25.1 Å². The summed E-state index contributed by atoms with van der Waals surface area (Å²) in [5.74, 6) is 0.152. The van der Waals surface area contributed by atoms with E-state index in [0.29, 0.717) is 33.5 Å². The van der Waals surface area contributed by atoms with Crippen molar-refractivity contribution in [3.8, 4) is 11.5 Å². The maximum absolute atomic E-state index is 13.5. The zero-order chi connectivity index (χ0) is 22.1. The van der Waals surface area contributed by atoms with Gasteiger partial charge in [0.1, 0.15) is 12.4 Å². The number of rotatable bonds is 5. The molecule has 2 aromatic carbocycles. The second kappa shape index (κ2) is 8.14. The highest BCUT2D eigenvalue weighted by molar-refractivity contribution is 5.95. The molecule has 158 valence electrons. The third-order valence-corrected chi connectivity index (χ3v) is 4.95. The second-order valence-electron chi connectivity index (χ2n) is 7.62. The van der Waals surface area contributed by atoms with E-state index in [1.807, 2.05) is 26.0 Å². The molecule has 0 atom stereocenters. The lowest BCUT2D eigenvalue weighted by Gasteiger charge is -2.12. The van der Waals surface area contributed by atoms with E-state index in [1.165, 1.54) is 22.8 Å². The van der Waals surface area contributed by atoms with Gasteiger partial charge in [0.15, 0.2) is 5.82 Å². The Morgan fingerprint density at radius 1 is 1.19 bits per heavy atom. The van der Waals surface area contributed by atoms with Crippen molar-refractivity contribution in [1.29, 1.82) is 0 Å². The minimum atomic E-state index is -0.397. The smallest absolute Gasteiger partial charge is 0.258 e. The predicted molar refractivity (Wildman–Crippen MR) is 115 cm³/mol. The van der Waals surface area contributed by atoms with Gasteiger partial charge in [0.2, 0.25) is 5.91 Å². The van der Waals surface area contributed by atoms with Gasteiger partial charge in [-0.25, -0.2) is 4.39 Å². The first-order valence-corrected chi connectivity index (χ1v) is 9.86. The molecule has 0 aliphatic rings. The number of para-hydroxylation sites is 1. The number of anilines is 1. The van der Waals surface area contributed by atoms with Crippen molar-refractivity contribution in [3.63, 3.8) is 0 Å². The molecule has 7 nitrogen and oxygen atoms in total. The molecule has 1 amide bonds. The van der Waals surface area contributed by atoms with E-state index in [2.05, 4.69) is 15.5 Å². The molecular formula is C23H21FN4O3. The van der Waals surface area contributed by atoms with Crippen LogP contribution in [0.4, 0.5) is 10.1 Å². The van der Waals surface area contributed by atoms with E-state index in [-0.39, 0.29) is 29.7 Å². The first-order chi connectivity index (χ1) is 14.8. The monoisotopic (exact) mass is 420 g/mol. The fraction of sp³-hybridized carbons (Fsp3) is 0.217. The molecule has 0 bridgehead atoms. The van der Waals surface area contributed by atoms with Crippen LogP contribution >= 0.6 is 0 Å². The number of hydrogen-bond acceptors (Lipinski definition) is 5. The molecule has 0 saturated heterocycles. The molecule has 31 heavy (non-hydrogen) atoms. The maximum atomic E-state index is 13.5. The van der Waals surface area contributed by atoms with Gasteiger partial charge >= 0.3 is 0 Å². The van der Waals surface area contributed by atoms with Gasteiger partial charge < -0.3 is 9.84 Å². The molecule has 0 spiro atoms. The van der Waals surface area contributed by atoms with Crippen molar-refractivity contribution in [1.82, 2.24) is 14.7 Å². The molecule has 0 radical (unpaired) electrons. The Bertz CT molecular complexity index is 1340. The zero-order valence-electron chi connectivity index (χ0n) is 17.3. The first-order valence-electron chi connectivity index (χ1n) is 9.86. The molecule has 4 rings (SSSR count). The van der Waals surface area contributed by atoms with Gasteiger partial charge in [-0.2, -0.15) is 4.98 Å². The van der Waals surface area contributed by atoms with Crippen LogP contribution in [-0.2, 0) is 11.3 Å². The quantitative estimate of drug-likeness (QED) is 0.521. The molecule has 1 N–H and O–H groups in total. The number of carbonyl (C=O) groups excluding carboxylic acids is 1. The number of aryl methyl sites for hydroxylation is 1. The highest BCUT2D eigenvalue weighted by Crippen LogP contribution is 2.27. The standard InChI is InChI=1S/C23H21FN4O3/c1-13(2)22-26-23(31-27-22)17-11-21(30)28(19-7-5-4-6-16(17)19)12-20(29)25-15-8-9-18(24)14(3)10-15/h4-11,13H,12H2,1-3H3,(H,25,29). The average Bonchev–Trinajstić information content (AvgIpc) is 3.23. The number of nitrogens with zero attached hydrogens (tertiary/aromatic N) is 3. The van der Waals surface area contributed by atoms with E-state index in [0.717, 1.165) is 0 Å². The van der Waals surface area contributed by atoms with E-state index in [9.17, 15) is 14.0 Å². The van der Waals surface area contributed by atoms with Crippen LogP contribution < -0.4 is 10.9 Å². The Balaban J connectivity index is 1.70. The summed E-state index contributed by atoms with van der Waals surface area (Å²) in [5.41, 5.74) is 1.60. The number of nitrogens with one attached hydrogen (secondary N) is 1. The normalized spacial score (nSPS) is 11.3. The summed E-state index contributed by atoms with van der Waals surface area (Å²) in [6.45, 7) is 5.32. The first kappa shape index (κ1) is 20.5. The molecule has 2 heterocycles. The summed E-state index contributed by atoms with van der Waals surface area (Å²) in [4.78, 5) is 29.9. The number of hydrogen-bond donors (Lipinski definition) is 1. The lowest BCUT2D eigenvalue weighted by molar-refractivity contribution is -0.116. The maximum Gasteiger partial charge on any atom is 0.258 e. The van der Waals surface area contributed by atoms with Crippen LogP contribution in [0.2, 0.25) is 0 Å². The number of carbonyl (C=O) groups is 1. The molecule has 0 aliphatic heterocycles. The summed E-state index contributed by atoms with van der Waals surface area (Å²) in [6.07, 6.45) is 0. The van der Waals surface area contributed by atoms with Crippen molar-refractivity contribution >= 4 is 22.5 Å². The van der Waals surface area contributed by atoms with Crippen molar-refractivity contribution in [3.05, 3.63) is 76.1 Å². The third-order valence-electron chi connectivity index (χ3n) is 4.95. The topological polar surface area (TPSA) is 90.0 Å². The molecule has 2 aromatic heterocycles. The van der Waals surface area contributed by atoms with E-state index >= 15 is 0 Å². The fourth-order valence-electron chi connectivity index (χ4n) is 3.32. The number of pyridine rings is 1. The zero-order valence-corrected chi connectivity index (χ0v) is 17.3. The highest BCUT2D eigenvalue weighted by Gasteiger charge is 2.18. The largest absolute Gasteiger partial charge is 0.334 e. The van der Waals surface area contributed by atoms with Crippen LogP contribution in [0.5, 0.6) is 0 Å². The van der Waals surface area contributed by atoms with E-state index in [4.69, 9.17) is 4.52 Å². The van der Waals surface area contributed by atoms with E-state index < -0.39 is 5.91 Å². The highest BCUT2D eigenvalue weighted by atomic mass is 19.1. The van der Waals surface area contributed by atoms with Crippen LogP contribution in [0.25, 0.3) is 22.4 Å². The van der Waals surface area contributed by atoms with Gasteiger partial charge in [0.05, 0.1) is 11.1 Å². The molecule has 0 aliphatic carbocycles. The molecule has 0 unspecified atom stereocenters. The second-order valence-corrected chi connectivity index (χ2v) is 7.62. The number of fused-ring (bicyclic) bond motifs is 1. The van der Waals surface area contributed by atoms with Gasteiger partial charge in [-0.15, -0.1) is 0 Å². The molecular weight excluding hydrogens is 399 g/mol. The molecule has 0 saturated carbocycles. The number of benzene rings is 2. The Kier molecular flexibility index (Phi) is 5.37. The predicted octanol–water partition coefficient (Wildman–Crippen LogP) is 4.26. The van der Waals surface area contributed by atoms with Crippen LogP contribution in [0, 0.1) is 12.7 Å². The Labute approximate surface area is 177 Å². The van der Waals surface area contributed by atoms with Gasteiger partial charge in [-0.1, -0.05) is 37.2 Å². The minimum absolute atomic E-state index is 0.0860. The Morgan fingerprint density at radius 3 is 2.68 bits per heavy atom. The SMILES string of the molecule is Cc1cc(NC(=O)Cn2c(=O)cc(-c3nc(C(C)C)no3)c3ccccc32)ccc1F. The van der Waals surface area contributed by atoms with Gasteiger partial charge in [-0.05, 0) is 36.8 Å². The van der Waals surface area contributed by atoms with Crippen LogP contribution in [0.15, 0.2) is 57.8 Å². The van der Waals surface area contributed by atoms with Crippen molar-refractivity contribution in [2.45, 2.75) is 33.2 Å². The van der Waals surface area contributed by atoms with Crippen molar-refractivity contribution in [2.75, 3.05) is 5.32 Å². The van der Waals surface area contributed by atoms with Crippen molar-refractivity contribution < 1.29 is 13.7 Å². The Hall–Kier alpha value is -3.81. The summed E-state index contributed by atoms with van der Waals surface area (Å²) in [5, 5.41) is 7.39. The summed E-state index contributed by atoms with van der Waals surface area (Å²) >= 11 is 0. The van der Waals surface area contributed by atoms with Crippen molar-refractivity contribution in [2.24, 2.45) is 0 Å². The Morgan fingerprint density at radius 2 is 1.97 bits per heavy atom.